The van der Waals surface area contributed by atoms with Crippen molar-refractivity contribution in [2.24, 2.45) is 0 Å². The molecule has 1 heterocycles. The van der Waals surface area contributed by atoms with Gasteiger partial charge in [0.15, 0.2) is 0 Å². The van der Waals surface area contributed by atoms with Gasteiger partial charge >= 0.3 is 0 Å². The fourth-order valence-corrected chi connectivity index (χ4v) is 3.24. The summed E-state index contributed by atoms with van der Waals surface area (Å²) in [5.41, 5.74) is 1.26. The number of aliphatic hydroxyl groups is 1. The van der Waals surface area contributed by atoms with Crippen molar-refractivity contribution < 1.29 is 9.84 Å². The molecule has 1 atom stereocenters. The molecule has 0 amide bonds. The fraction of sp³-hybridized carbons (Fsp3) is 0.600. The van der Waals surface area contributed by atoms with Crippen LogP contribution in [0.4, 0.5) is 0 Å². The molecule has 0 spiro atoms. The Bertz CT molecular complexity index is 411. The molecule has 4 heteroatoms. The Morgan fingerprint density at radius 3 is 2.95 bits per heavy atom. The normalized spacial score (nSPS) is 20.5. The zero-order valence-corrected chi connectivity index (χ0v) is 12.6. The van der Waals surface area contributed by atoms with E-state index in [-0.39, 0.29) is 6.61 Å². The van der Waals surface area contributed by atoms with Crippen molar-refractivity contribution >= 4 is 11.8 Å². The van der Waals surface area contributed by atoms with Crippen LogP contribution >= 0.6 is 11.8 Å². The first-order valence-electron chi connectivity index (χ1n) is 6.84. The highest BCUT2D eigenvalue weighted by Gasteiger charge is 2.21. The van der Waals surface area contributed by atoms with Crippen molar-refractivity contribution in [1.29, 1.82) is 0 Å². The van der Waals surface area contributed by atoms with E-state index in [4.69, 9.17) is 4.74 Å². The summed E-state index contributed by atoms with van der Waals surface area (Å²) in [5, 5.41) is 9.45. The third-order valence-electron chi connectivity index (χ3n) is 3.79. The van der Waals surface area contributed by atoms with Gasteiger partial charge in [-0.1, -0.05) is 12.5 Å². The molecular formula is C15H23NO2S. The van der Waals surface area contributed by atoms with Crippen LogP contribution in [-0.4, -0.2) is 42.6 Å². The third-order valence-corrected chi connectivity index (χ3v) is 4.57. The van der Waals surface area contributed by atoms with Crippen LogP contribution in [0.2, 0.25) is 0 Å². The number of hydrogen-bond donors (Lipinski definition) is 1. The van der Waals surface area contributed by atoms with Gasteiger partial charge in [0, 0.05) is 17.5 Å². The molecule has 19 heavy (non-hydrogen) atoms. The SMILES string of the molecule is COc1cc(CN2CCCC[C@@H]2CO)ccc1SC. The van der Waals surface area contributed by atoms with Gasteiger partial charge in [-0.15, -0.1) is 11.8 Å². The van der Waals surface area contributed by atoms with Crippen LogP contribution in [0.5, 0.6) is 5.75 Å². The van der Waals surface area contributed by atoms with Crippen LogP contribution in [0, 0.1) is 0 Å². The minimum atomic E-state index is 0.264. The van der Waals surface area contributed by atoms with E-state index in [1.54, 1.807) is 18.9 Å². The summed E-state index contributed by atoms with van der Waals surface area (Å²) in [6.45, 7) is 2.24. The van der Waals surface area contributed by atoms with Gasteiger partial charge < -0.3 is 9.84 Å². The predicted molar refractivity (Wildman–Crippen MR) is 79.9 cm³/mol. The van der Waals surface area contributed by atoms with Crippen molar-refractivity contribution in [3.8, 4) is 5.75 Å². The second-order valence-electron chi connectivity index (χ2n) is 4.99. The van der Waals surface area contributed by atoms with Crippen LogP contribution in [0.1, 0.15) is 24.8 Å². The molecule has 106 valence electrons. The Labute approximate surface area is 120 Å². The van der Waals surface area contributed by atoms with E-state index in [0.29, 0.717) is 6.04 Å². The number of ether oxygens (including phenoxy) is 1. The molecule has 0 radical (unpaired) electrons. The number of hydrogen-bond acceptors (Lipinski definition) is 4. The van der Waals surface area contributed by atoms with Crippen molar-refractivity contribution in [2.75, 3.05) is 26.5 Å². The van der Waals surface area contributed by atoms with Gasteiger partial charge in [-0.25, -0.2) is 0 Å². The molecular weight excluding hydrogens is 258 g/mol. The number of piperidine rings is 1. The van der Waals surface area contributed by atoms with E-state index in [0.717, 1.165) is 25.3 Å². The molecule has 1 fully saturated rings. The Balaban J connectivity index is 2.09. The summed E-state index contributed by atoms with van der Waals surface area (Å²) in [4.78, 5) is 3.56. The number of rotatable bonds is 5. The highest BCUT2D eigenvalue weighted by atomic mass is 32.2. The van der Waals surface area contributed by atoms with E-state index >= 15 is 0 Å². The van der Waals surface area contributed by atoms with E-state index in [1.165, 1.54) is 23.3 Å². The van der Waals surface area contributed by atoms with Gasteiger partial charge in [0.1, 0.15) is 5.75 Å². The van der Waals surface area contributed by atoms with Crippen LogP contribution in [-0.2, 0) is 6.54 Å². The Morgan fingerprint density at radius 2 is 2.26 bits per heavy atom. The maximum Gasteiger partial charge on any atom is 0.132 e. The molecule has 3 nitrogen and oxygen atoms in total. The lowest BCUT2D eigenvalue weighted by Crippen LogP contribution is -2.41. The molecule has 0 aliphatic carbocycles. The topological polar surface area (TPSA) is 32.7 Å². The smallest absolute Gasteiger partial charge is 0.132 e. The highest BCUT2D eigenvalue weighted by Crippen LogP contribution is 2.29. The minimum absolute atomic E-state index is 0.264. The molecule has 0 saturated carbocycles. The summed E-state index contributed by atoms with van der Waals surface area (Å²) in [6, 6.07) is 6.73. The number of nitrogens with zero attached hydrogens (tertiary/aromatic N) is 1. The number of methoxy groups -OCH3 is 1. The van der Waals surface area contributed by atoms with Gasteiger partial charge in [0.05, 0.1) is 13.7 Å². The minimum Gasteiger partial charge on any atom is -0.496 e. The van der Waals surface area contributed by atoms with E-state index in [1.807, 2.05) is 0 Å². The lowest BCUT2D eigenvalue weighted by molar-refractivity contribution is 0.0840. The molecule has 0 unspecified atom stereocenters. The monoisotopic (exact) mass is 281 g/mol. The Hall–Kier alpha value is -0.710. The molecule has 1 aromatic rings. The van der Waals surface area contributed by atoms with E-state index < -0.39 is 0 Å². The zero-order valence-electron chi connectivity index (χ0n) is 11.8. The molecule has 1 aliphatic rings. The van der Waals surface area contributed by atoms with Gasteiger partial charge in [-0.2, -0.15) is 0 Å². The average Bonchev–Trinajstić information content (AvgIpc) is 2.47. The van der Waals surface area contributed by atoms with Crippen molar-refractivity contribution in [1.82, 2.24) is 4.90 Å². The summed E-state index contributed by atoms with van der Waals surface area (Å²) in [6.07, 6.45) is 5.63. The number of aliphatic hydroxyl groups excluding tert-OH is 1. The molecule has 2 rings (SSSR count). The predicted octanol–water partition coefficient (Wildman–Crippen LogP) is 2.76. The summed E-state index contributed by atoms with van der Waals surface area (Å²) in [7, 11) is 1.72. The van der Waals surface area contributed by atoms with Crippen LogP contribution in [0.25, 0.3) is 0 Å². The highest BCUT2D eigenvalue weighted by molar-refractivity contribution is 7.98. The van der Waals surface area contributed by atoms with Crippen LogP contribution in [0.15, 0.2) is 23.1 Å². The Morgan fingerprint density at radius 1 is 1.42 bits per heavy atom. The first-order valence-corrected chi connectivity index (χ1v) is 8.06. The van der Waals surface area contributed by atoms with Crippen molar-refractivity contribution in [3.05, 3.63) is 23.8 Å². The number of likely N-dealkylation sites (tertiary alicyclic amines) is 1. The second-order valence-corrected chi connectivity index (χ2v) is 5.84. The molecule has 0 bridgehead atoms. The van der Waals surface area contributed by atoms with E-state index in [2.05, 4.69) is 29.4 Å². The van der Waals surface area contributed by atoms with Gasteiger partial charge in [-0.05, 0) is 43.3 Å². The quantitative estimate of drug-likeness (QED) is 0.841. The first-order chi connectivity index (χ1) is 9.28. The zero-order chi connectivity index (χ0) is 13.7. The van der Waals surface area contributed by atoms with E-state index in [9.17, 15) is 5.11 Å². The largest absolute Gasteiger partial charge is 0.496 e. The third kappa shape index (κ3) is 3.65. The maximum atomic E-state index is 9.45. The lowest BCUT2D eigenvalue weighted by atomic mass is 10.0. The van der Waals surface area contributed by atoms with Gasteiger partial charge in [0.25, 0.3) is 0 Å². The molecule has 1 saturated heterocycles. The standard InChI is InChI=1S/C15H23NO2S/c1-18-14-9-12(6-7-15(14)19-2)10-16-8-4-3-5-13(16)11-17/h6-7,9,13,17H,3-5,8,10-11H2,1-2H3/t13-/m1/s1. The van der Waals surface area contributed by atoms with Gasteiger partial charge in [-0.3, -0.25) is 4.90 Å². The maximum absolute atomic E-state index is 9.45. The van der Waals surface area contributed by atoms with Crippen molar-refractivity contribution in [3.63, 3.8) is 0 Å². The molecule has 0 aromatic heterocycles. The first kappa shape index (κ1) is 14.7. The Kier molecular flexibility index (Phi) is 5.55. The summed E-state index contributed by atoms with van der Waals surface area (Å²) < 4.78 is 5.43. The number of thioether (sulfide) groups is 1. The van der Waals surface area contributed by atoms with Crippen molar-refractivity contribution in [2.45, 2.75) is 36.7 Å². The second kappa shape index (κ2) is 7.17. The summed E-state index contributed by atoms with van der Waals surface area (Å²) in [5.74, 6) is 0.947. The lowest BCUT2D eigenvalue weighted by Gasteiger charge is -2.34. The van der Waals surface area contributed by atoms with Gasteiger partial charge in [0.2, 0.25) is 0 Å². The average molecular weight is 281 g/mol. The fourth-order valence-electron chi connectivity index (χ4n) is 2.69. The molecule has 1 N–H and O–H groups in total. The molecule has 1 aliphatic heterocycles. The van der Waals surface area contributed by atoms with Crippen LogP contribution < -0.4 is 4.74 Å². The molecule has 1 aromatic carbocycles. The van der Waals surface area contributed by atoms with Crippen LogP contribution in [0.3, 0.4) is 0 Å². The number of benzene rings is 1. The summed E-state index contributed by atoms with van der Waals surface area (Å²) >= 11 is 1.70.